The average molecular weight is 265 g/mol. The molecule has 0 spiro atoms. The van der Waals surface area contributed by atoms with Crippen molar-refractivity contribution in [1.29, 1.82) is 0 Å². The van der Waals surface area contributed by atoms with E-state index in [1.165, 1.54) is 17.7 Å². The maximum absolute atomic E-state index is 11.9. The highest BCUT2D eigenvalue weighted by Gasteiger charge is 2.26. The van der Waals surface area contributed by atoms with Gasteiger partial charge in [-0.15, -0.1) is 11.3 Å². The van der Waals surface area contributed by atoms with Gasteiger partial charge < -0.3 is 5.32 Å². The van der Waals surface area contributed by atoms with Crippen molar-refractivity contribution in [2.45, 2.75) is 45.3 Å². The molecule has 98 valence electrons. The third kappa shape index (κ3) is 6.68. The number of alkyl halides is 3. The molecule has 1 N–H and O–H groups in total. The van der Waals surface area contributed by atoms with Crippen LogP contribution in [0.4, 0.5) is 13.2 Å². The topological polar surface area (TPSA) is 12.0 Å². The van der Waals surface area contributed by atoms with Crippen LogP contribution in [-0.2, 0) is 13.0 Å². The standard InChI is InChI=1S/C12H18F3NS/c1-2-3-4-5-11-6-10(8-17-11)7-16-9-12(13,14)15/h6,8,16H,2-5,7,9H2,1H3. The molecule has 0 aliphatic carbocycles. The lowest BCUT2D eigenvalue weighted by molar-refractivity contribution is -0.125. The van der Waals surface area contributed by atoms with E-state index in [1.807, 2.05) is 11.4 Å². The van der Waals surface area contributed by atoms with Crippen molar-refractivity contribution in [1.82, 2.24) is 5.32 Å². The van der Waals surface area contributed by atoms with Crippen molar-refractivity contribution in [3.63, 3.8) is 0 Å². The molecule has 0 saturated carbocycles. The van der Waals surface area contributed by atoms with Crippen LogP contribution in [0.15, 0.2) is 11.4 Å². The lowest BCUT2D eigenvalue weighted by atomic mass is 10.2. The van der Waals surface area contributed by atoms with Crippen LogP contribution in [0.25, 0.3) is 0 Å². The molecule has 1 aromatic rings. The van der Waals surface area contributed by atoms with Crippen molar-refractivity contribution in [2.75, 3.05) is 6.54 Å². The van der Waals surface area contributed by atoms with Gasteiger partial charge in [0, 0.05) is 11.4 Å². The minimum absolute atomic E-state index is 0.295. The predicted molar refractivity (Wildman–Crippen MR) is 65.3 cm³/mol. The molecule has 0 radical (unpaired) electrons. The van der Waals surface area contributed by atoms with Gasteiger partial charge in [-0.25, -0.2) is 0 Å². The van der Waals surface area contributed by atoms with E-state index in [9.17, 15) is 13.2 Å². The van der Waals surface area contributed by atoms with E-state index in [-0.39, 0.29) is 0 Å². The first kappa shape index (κ1) is 14.5. The molecule has 0 unspecified atom stereocenters. The maximum Gasteiger partial charge on any atom is 0.401 e. The summed E-state index contributed by atoms with van der Waals surface area (Å²) >= 11 is 1.64. The minimum atomic E-state index is -4.13. The molecule has 0 aliphatic heterocycles. The summed E-state index contributed by atoms with van der Waals surface area (Å²) in [7, 11) is 0. The number of rotatable bonds is 7. The average Bonchev–Trinajstić information content (AvgIpc) is 2.64. The molecule has 1 rings (SSSR count). The van der Waals surface area contributed by atoms with E-state index in [0.717, 1.165) is 18.4 Å². The van der Waals surface area contributed by atoms with Crippen molar-refractivity contribution in [2.24, 2.45) is 0 Å². The molecule has 0 fully saturated rings. The predicted octanol–water partition coefficient (Wildman–Crippen LogP) is 4.13. The van der Waals surface area contributed by atoms with E-state index < -0.39 is 12.7 Å². The Labute approximate surface area is 104 Å². The van der Waals surface area contributed by atoms with Gasteiger partial charge >= 0.3 is 6.18 Å². The molecule has 0 atom stereocenters. The fraction of sp³-hybridized carbons (Fsp3) is 0.667. The van der Waals surface area contributed by atoms with Gasteiger partial charge in [0.25, 0.3) is 0 Å². The highest BCUT2D eigenvalue weighted by molar-refractivity contribution is 7.10. The molecule has 1 heterocycles. The molecule has 0 aromatic carbocycles. The van der Waals surface area contributed by atoms with Crippen LogP contribution in [0.3, 0.4) is 0 Å². The van der Waals surface area contributed by atoms with Crippen molar-refractivity contribution in [3.05, 3.63) is 21.9 Å². The zero-order valence-electron chi connectivity index (χ0n) is 9.94. The summed E-state index contributed by atoms with van der Waals surface area (Å²) in [4.78, 5) is 1.27. The Morgan fingerprint density at radius 1 is 1.29 bits per heavy atom. The second kappa shape index (κ2) is 7.01. The number of unbranched alkanes of at least 4 members (excludes halogenated alkanes) is 2. The largest absolute Gasteiger partial charge is 0.401 e. The fourth-order valence-corrected chi connectivity index (χ4v) is 2.48. The van der Waals surface area contributed by atoms with E-state index in [0.29, 0.717) is 6.54 Å². The van der Waals surface area contributed by atoms with Crippen molar-refractivity contribution in [3.8, 4) is 0 Å². The van der Waals surface area contributed by atoms with Crippen LogP contribution < -0.4 is 5.32 Å². The molecule has 0 aliphatic rings. The van der Waals surface area contributed by atoms with E-state index in [1.54, 1.807) is 11.3 Å². The van der Waals surface area contributed by atoms with Gasteiger partial charge in [-0.2, -0.15) is 13.2 Å². The smallest absolute Gasteiger partial charge is 0.305 e. The zero-order chi connectivity index (χ0) is 12.7. The molecular weight excluding hydrogens is 247 g/mol. The summed E-state index contributed by atoms with van der Waals surface area (Å²) in [6.07, 6.45) is 0.467. The Hall–Kier alpha value is -0.550. The van der Waals surface area contributed by atoms with Gasteiger partial charge in [-0.05, 0) is 29.9 Å². The molecule has 0 amide bonds. The zero-order valence-corrected chi connectivity index (χ0v) is 10.8. The molecule has 1 aromatic heterocycles. The Morgan fingerprint density at radius 2 is 2.06 bits per heavy atom. The SMILES string of the molecule is CCCCCc1cc(CNCC(F)(F)F)cs1. The third-order valence-electron chi connectivity index (χ3n) is 2.39. The fourth-order valence-electron chi connectivity index (χ4n) is 1.55. The van der Waals surface area contributed by atoms with Crippen molar-refractivity contribution < 1.29 is 13.2 Å². The number of nitrogens with one attached hydrogen (secondary N) is 1. The number of thiophene rings is 1. The quantitative estimate of drug-likeness (QED) is 0.731. The second-order valence-corrected chi connectivity index (χ2v) is 5.09. The lowest BCUT2D eigenvalue weighted by Gasteiger charge is -2.06. The van der Waals surface area contributed by atoms with E-state index in [2.05, 4.69) is 12.2 Å². The van der Waals surface area contributed by atoms with Crippen LogP contribution in [0.2, 0.25) is 0 Å². The molecule has 0 bridgehead atoms. The third-order valence-corrected chi connectivity index (χ3v) is 3.43. The van der Waals surface area contributed by atoms with Crippen LogP contribution in [0.5, 0.6) is 0 Å². The molecule has 5 heteroatoms. The summed E-state index contributed by atoms with van der Waals surface area (Å²) in [5.41, 5.74) is 0.950. The van der Waals surface area contributed by atoms with E-state index in [4.69, 9.17) is 0 Å². The number of halogens is 3. The molecule has 0 saturated heterocycles. The minimum Gasteiger partial charge on any atom is -0.305 e. The van der Waals surface area contributed by atoms with Gasteiger partial charge in [-0.3, -0.25) is 0 Å². The molecular formula is C12H18F3NS. The van der Waals surface area contributed by atoms with Crippen molar-refractivity contribution >= 4 is 11.3 Å². The maximum atomic E-state index is 11.9. The summed E-state index contributed by atoms with van der Waals surface area (Å²) in [5, 5.41) is 4.34. The monoisotopic (exact) mass is 265 g/mol. The Bertz CT molecular complexity index is 320. The number of hydrogen-bond donors (Lipinski definition) is 1. The van der Waals surface area contributed by atoms with Crippen LogP contribution >= 0.6 is 11.3 Å². The van der Waals surface area contributed by atoms with Crippen LogP contribution in [0, 0.1) is 0 Å². The van der Waals surface area contributed by atoms with Gasteiger partial charge in [-0.1, -0.05) is 19.8 Å². The first-order chi connectivity index (χ1) is 8.01. The first-order valence-electron chi connectivity index (χ1n) is 5.85. The van der Waals surface area contributed by atoms with Gasteiger partial charge in [0.1, 0.15) is 0 Å². The molecule has 17 heavy (non-hydrogen) atoms. The Kier molecular flexibility index (Phi) is 5.98. The lowest BCUT2D eigenvalue weighted by Crippen LogP contribution is -2.28. The van der Waals surface area contributed by atoms with E-state index >= 15 is 0 Å². The summed E-state index contributed by atoms with van der Waals surface area (Å²) < 4.78 is 35.7. The van der Waals surface area contributed by atoms with Gasteiger partial charge in [0.05, 0.1) is 6.54 Å². The first-order valence-corrected chi connectivity index (χ1v) is 6.73. The summed E-state index contributed by atoms with van der Waals surface area (Å²) in [5.74, 6) is 0. The highest BCUT2D eigenvalue weighted by atomic mass is 32.1. The van der Waals surface area contributed by atoms with Gasteiger partial charge in [0.2, 0.25) is 0 Å². The second-order valence-electron chi connectivity index (χ2n) is 4.10. The number of aryl methyl sites for hydroxylation is 1. The Balaban J connectivity index is 2.26. The van der Waals surface area contributed by atoms with Crippen LogP contribution in [0.1, 0.15) is 36.6 Å². The summed E-state index contributed by atoms with van der Waals surface area (Å²) in [6, 6.07) is 2.00. The van der Waals surface area contributed by atoms with Crippen LogP contribution in [-0.4, -0.2) is 12.7 Å². The normalized spacial score (nSPS) is 12.0. The highest BCUT2D eigenvalue weighted by Crippen LogP contribution is 2.18. The number of hydrogen-bond acceptors (Lipinski definition) is 2. The summed E-state index contributed by atoms with van der Waals surface area (Å²) in [6.45, 7) is 1.53. The van der Waals surface area contributed by atoms with Gasteiger partial charge in [0.15, 0.2) is 0 Å². The Morgan fingerprint density at radius 3 is 2.71 bits per heavy atom. The molecule has 1 nitrogen and oxygen atoms in total.